The molecule has 1 saturated carbocycles. The number of allylic oxidation sites excluding steroid dienone is 7. The Kier molecular flexibility index (Phi) is 9.29. The van der Waals surface area contributed by atoms with Gasteiger partial charge in [-0.05, 0) is 69.2 Å². The number of aromatic nitrogens is 1. The molecule has 1 heterocycles. The van der Waals surface area contributed by atoms with E-state index < -0.39 is 28.7 Å². The van der Waals surface area contributed by atoms with Crippen LogP contribution in [-0.4, -0.2) is 48.3 Å². The monoisotopic (exact) mass is 572 g/mol. The van der Waals surface area contributed by atoms with Crippen LogP contribution in [0.1, 0.15) is 59.3 Å². The highest BCUT2D eigenvalue weighted by atomic mass is 19.4. The zero-order valence-electron chi connectivity index (χ0n) is 23.9. The highest BCUT2D eigenvalue weighted by molar-refractivity contribution is 5.90. The molecule has 4 rings (SSSR count). The Morgan fingerprint density at radius 1 is 1.17 bits per heavy atom. The van der Waals surface area contributed by atoms with Crippen LogP contribution < -0.4 is 15.5 Å². The molecule has 0 aliphatic heterocycles. The number of amides is 2. The SMILES string of the molecule is CCN(CNC(=O)C(C)(CCNC(=O)C1(C2=CCC(C)C=C2)CC1)OC1=CC=C(C(F)(F)F)CC1)c1ccccn1. The summed E-state index contributed by atoms with van der Waals surface area (Å²) >= 11 is 0. The van der Waals surface area contributed by atoms with Crippen LogP contribution >= 0.6 is 0 Å². The smallest absolute Gasteiger partial charge is 0.412 e. The summed E-state index contributed by atoms with van der Waals surface area (Å²) in [6, 6.07) is 5.50. The Morgan fingerprint density at radius 2 is 1.95 bits per heavy atom. The van der Waals surface area contributed by atoms with Crippen molar-refractivity contribution in [3.05, 3.63) is 71.7 Å². The van der Waals surface area contributed by atoms with Gasteiger partial charge < -0.3 is 20.3 Å². The van der Waals surface area contributed by atoms with Crippen molar-refractivity contribution in [2.75, 3.05) is 24.7 Å². The van der Waals surface area contributed by atoms with Gasteiger partial charge in [0, 0.05) is 37.7 Å². The molecule has 0 saturated heterocycles. The zero-order chi connectivity index (χ0) is 29.7. The van der Waals surface area contributed by atoms with Gasteiger partial charge in [0.2, 0.25) is 5.91 Å². The molecule has 1 fully saturated rings. The van der Waals surface area contributed by atoms with Gasteiger partial charge in [0.05, 0.1) is 17.8 Å². The molecule has 2 atom stereocenters. The third-order valence-electron chi connectivity index (χ3n) is 8.04. The molecule has 0 radical (unpaired) electrons. The van der Waals surface area contributed by atoms with Crippen LogP contribution in [0.2, 0.25) is 0 Å². The fraction of sp³-hybridized carbons (Fsp3) is 0.516. The molecule has 222 valence electrons. The predicted molar refractivity (Wildman–Crippen MR) is 152 cm³/mol. The van der Waals surface area contributed by atoms with Gasteiger partial charge in [-0.25, -0.2) is 4.98 Å². The van der Waals surface area contributed by atoms with Gasteiger partial charge in [0.15, 0.2) is 5.60 Å². The number of carbonyl (C=O) groups is 2. The lowest BCUT2D eigenvalue weighted by Crippen LogP contribution is -2.51. The third-order valence-corrected chi connectivity index (χ3v) is 8.04. The molecule has 3 aliphatic rings. The molecular weight excluding hydrogens is 533 g/mol. The number of anilines is 1. The number of pyridine rings is 1. The first kappa shape index (κ1) is 30.4. The summed E-state index contributed by atoms with van der Waals surface area (Å²) < 4.78 is 45.5. The Bertz CT molecular complexity index is 1230. The van der Waals surface area contributed by atoms with Crippen LogP contribution in [-0.2, 0) is 14.3 Å². The molecule has 2 N–H and O–H groups in total. The Morgan fingerprint density at radius 3 is 2.51 bits per heavy atom. The van der Waals surface area contributed by atoms with Crippen LogP contribution in [0.4, 0.5) is 19.0 Å². The molecule has 10 heteroatoms. The normalized spacial score (nSPS) is 21.0. The maximum Gasteiger partial charge on any atom is 0.412 e. The first-order valence-electron chi connectivity index (χ1n) is 14.2. The lowest BCUT2D eigenvalue weighted by Gasteiger charge is -2.33. The minimum Gasteiger partial charge on any atom is -0.482 e. The van der Waals surface area contributed by atoms with Gasteiger partial charge in [0.1, 0.15) is 5.82 Å². The van der Waals surface area contributed by atoms with Crippen molar-refractivity contribution >= 4 is 17.6 Å². The number of halogens is 3. The van der Waals surface area contributed by atoms with Gasteiger partial charge in [-0.2, -0.15) is 13.2 Å². The lowest BCUT2D eigenvalue weighted by molar-refractivity contribution is -0.142. The van der Waals surface area contributed by atoms with Crippen LogP contribution in [0.5, 0.6) is 0 Å². The Hall–Kier alpha value is -3.56. The van der Waals surface area contributed by atoms with Crippen molar-refractivity contribution in [2.24, 2.45) is 11.3 Å². The average Bonchev–Trinajstić information content (AvgIpc) is 3.76. The summed E-state index contributed by atoms with van der Waals surface area (Å²) in [5.41, 5.74) is -1.54. The van der Waals surface area contributed by atoms with Crippen LogP contribution in [0.3, 0.4) is 0 Å². The van der Waals surface area contributed by atoms with Gasteiger partial charge in [0.25, 0.3) is 5.91 Å². The van der Waals surface area contributed by atoms with Crippen molar-refractivity contribution in [2.45, 2.75) is 71.1 Å². The van der Waals surface area contributed by atoms with E-state index in [0.29, 0.717) is 24.0 Å². The number of nitrogens with zero attached hydrogens (tertiary/aromatic N) is 2. The third kappa shape index (κ3) is 7.40. The molecule has 0 aromatic carbocycles. The minimum atomic E-state index is -4.40. The number of nitrogens with one attached hydrogen (secondary N) is 2. The standard InChI is InChI=1S/C31H39F3N4O3/c1-4-38(26-7-5-6-19-35-26)21-37-27(39)29(3,41-25-14-12-24(13-15-25)31(32,33)34)18-20-36-28(40)30(16-17-30)23-10-8-22(2)9-11-23/h5-8,10-12,14,19,22H,4,9,13,15-18,20-21H2,1-3H3,(H,36,40)(H,37,39). The molecule has 41 heavy (non-hydrogen) atoms. The molecule has 3 aliphatic carbocycles. The van der Waals surface area contributed by atoms with Crippen molar-refractivity contribution in [1.29, 1.82) is 0 Å². The number of ether oxygens (including phenoxy) is 1. The maximum atomic E-state index is 13.5. The fourth-order valence-electron chi connectivity index (χ4n) is 5.13. The fourth-order valence-corrected chi connectivity index (χ4v) is 5.13. The van der Waals surface area contributed by atoms with E-state index in [9.17, 15) is 22.8 Å². The van der Waals surface area contributed by atoms with E-state index in [4.69, 9.17) is 4.74 Å². The van der Waals surface area contributed by atoms with Crippen molar-refractivity contribution in [3.8, 4) is 0 Å². The molecule has 1 aromatic rings. The number of hydrogen-bond donors (Lipinski definition) is 2. The molecule has 7 nitrogen and oxygen atoms in total. The first-order chi connectivity index (χ1) is 19.5. The van der Waals surface area contributed by atoms with Crippen molar-refractivity contribution in [3.63, 3.8) is 0 Å². The zero-order valence-corrected chi connectivity index (χ0v) is 23.9. The molecule has 2 amide bonds. The lowest BCUT2D eigenvalue weighted by atomic mass is 9.87. The predicted octanol–water partition coefficient (Wildman–Crippen LogP) is 5.73. The second kappa shape index (κ2) is 12.5. The second-order valence-corrected chi connectivity index (χ2v) is 11.2. The van der Waals surface area contributed by atoms with Crippen LogP contribution in [0.25, 0.3) is 0 Å². The van der Waals surface area contributed by atoms with E-state index in [2.05, 4.69) is 34.7 Å². The Labute approximate surface area is 239 Å². The topological polar surface area (TPSA) is 83.6 Å². The largest absolute Gasteiger partial charge is 0.482 e. The van der Waals surface area contributed by atoms with Gasteiger partial charge in [-0.3, -0.25) is 9.59 Å². The molecule has 1 aromatic heterocycles. The molecule has 2 unspecified atom stereocenters. The number of carbonyl (C=O) groups excluding carboxylic acids is 2. The summed E-state index contributed by atoms with van der Waals surface area (Å²) in [5, 5.41) is 5.90. The molecular formula is C31H39F3N4O3. The van der Waals surface area contributed by atoms with E-state index in [-0.39, 0.29) is 38.4 Å². The highest BCUT2D eigenvalue weighted by Gasteiger charge is 2.52. The molecule has 0 spiro atoms. The highest BCUT2D eigenvalue weighted by Crippen LogP contribution is 2.53. The van der Waals surface area contributed by atoms with Crippen molar-refractivity contribution in [1.82, 2.24) is 15.6 Å². The van der Waals surface area contributed by atoms with E-state index >= 15 is 0 Å². The van der Waals surface area contributed by atoms with Crippen LogP contribution in [0, 0.1) is 11.3 Å². The van der Waals surface area contributed by atoms with Crippen LogP contribution in [0.15, 0.2) is 71.7 Å². The number of hydrogen-bond acceptors (Lipinski definition) is 5. The Balaban J connectivity index is 1.44. The van der Waals surface area contributed by atoms with E-state index in [1.165, 1.54) is 6.08 Å². The summed E-state index contributed by atoms with van der Waals surface area (Å²) in [5.74, 6) is 0.935. The number of alkyl halides is 3. The van der Waals surface area contributed by atoms with Gasteiger partial charge in [-0.15, -0.1) is 0 Å². The van der Waals surface area contributed by atoms with E-state index in [0.717, 1.165) is 30.9 Å². The molecule has 0 bridgehead atoms. The second-order valence-electron chi connectivity index (χ2n) is 11.2. The van der Waals surface area contributed by atoms with Crippen molar-refractivity contribution < 1.29 is 27.5 Å². The summed E-state index contributed by atoms with van der Waals surface area (Å²) in [6.45, 7) is 6.60. The summed E-state index contributed by atoms with van der Waals surface area (Å²) in [7, 11) is 0. The van der Waals surface area contributed by atoms with Gasteiger partial charge >= 0.3 is 6.18 Å². The number of rotatable bonds is 12. The van der Waals surface area contributed by atoms with E-state index in [1.54, 1.807) is 19.2 Å². The quantitative estimate of drug-likeness (QED) is 0.313. The first-order valence-corrected chi connectivity index (χ1v) is 14.2. The average molecular weight is 573 g/mol. The van der Waals surface area contributed by atoms with Gasteiger partial charge in [-0.1, -0.05) is 37.3 Å². The van der Waals surface area contributed by atoms with E-state index in [1.807, 2.05) is 30.0 Å². The maximum absolute atomic E-state index is 13.5. The summed E-state index contributed by atoms with van der Waals surface area (Å²) in [6.07, 6.45) is 8.24. The minimum absolute atomic E-state index is 0.0254. The summed E-state index contributed by atoms with van der Waals surface area (Å²) in [4.78, 5) is 33.0.